The Balaban J connectivity index is 1.62. The van der Waals surface area contributed by atoms with E-state index in [1.165, 1.54) is 66.4 Å². The lowest BCUT2D eigenvalue weighted by Gasteiger charge is -2.27. The van der Waals surface area contributed by atoms with E-state index in [1.807, 2.05) is 11.8 Å². The molecular weight excluding hydrogens is 336 g/mol. The lowest BCUT2D eigenvalue weighted by Crippen LogP contribution is -2.29. The summed E-state index contributed by atoms with van der Waals surface area (Å²) in [4.78, 5) is 10.4. The van der Waals surface area contributed by atoms with Gasteiger partial charge in [0.25, 0.3) is 0 Å². The van der Waals surface area contributed by atoms with E-state index in [2.05, 4.69) is 60.4 Å². The highest BCUT2D eigenvalue weighted by Crippen LogP contribution is 2.41. The second kappa shape index (κ2) is 8.41. The summed E-state index contributed by atoms with van der Waals surface area (Å²) in [6, 6.07) is 17.4. The maximum absolute atomic E-state index is 5.15. The van der Waals surface area contributed by atoms with Crippen molar-refractivity contribution < 1.29 is 0 Å². The predicted molar refractivity (Wildman–Crippen MR) is 112 cm³/mol. The molecule has 0 saturated carbocycles. The molecule has 1 atom stereocenters. The molecule has 2 aromatic rings. The Kier molecular flexibility index (Phi) is 5.76. The van der Waals surface area contributed by atoms with Gasteiger partial charge in [-0.1, -0.05) is 55.4 Å². The molecule has 3 heteroatoms. The first-order chi connectivity index (χ1) is 12.8. The number of benzene rings is 2. The molecule has 2 aliphatic rings. The van der Waals surface area contributed by atoms with Crippen LogP contribution in [0.25, 0.3) is 0 Å². The number of likely N-dealkylation sites (tertiary alicyclic amines) is 1. The minimum Gasteiger partial charge on any atom is -0.304 e. The van der Waals surface area contributed by atoms with Crippen molar-refractivity contribution in [2.45, 2.75) is 48.8 Å². The highest BCUT2D eigenvalue weighted by atomic mass is 32.2. The minimum absolute atomic E-state index is 0.742. The third-order valence-electron chi connectivity index (χ3n) is 5.66. The van der Waals surface area contributed by atoms with E-state index in [0.29, 0.717) is 0 Å². The van der Waals surface area contributed by atoms with Gasteiger partial charge in [-0.15, -0.1) is 0 Å². The molecule has 2 heterocycles. The van der Waals surface area contributed by atoms with Crippen molar-refractivity contribution in [3.63, 3.8) is 0 Å². The summed E-state index contributed by atoms with van der Waals surface area (Å²) >= 11 is 1.86. The Morgan fingerprint density at radius 3 is 2.65 bits per heavy atom. The van der Waals surface area contributed by atoms with E-state index in [0.717, 1.165) is 18.0 Å². The molecule has 0 aromatic heterocycles. The van der Waals surface area contributed by atoms with E-state index in [-0.39, 0.29) is 0 Å². The van der Waals surface area contributed by atoms with Crippen LogP contribution in [0.1, 0.15) is 44.6 Å². The van der Waals surface area contributed by atoms with Crippen molar-refractivity contribution >= 4 is 23.2 Å². The Morgan fingerprint density at radius 2 is 1.77 bits per heavy atom. The molecule has 2 aliphatic heterocycles. The van der Waals surface area contributed by atoms with Gasteiger partial charge in [-0.05, 0) is 69.4 Å². The molecule has 136 valence electrons. The summed E-state index contributed by atoms with van der Waals surface area (Å²) in [7, 11) is 0. The summed E-state index contributed by atoms with van der Waals surface area (Å²) in [5, 5.41) is 0. The van der Waals surface area contributed by atoms with Gasteiger partial charge >= 0.3 is 0 Å². The SMILES string of the molecule is CCN1CCCCC(CC2=Nc3ccccc3Sc3ccccc32)CC1. The molecule has 0 radical (unpaired) electrons. The molecule has 1 fully saturated rings. The lowest BCUT2D eigenvalue weighted by atomic mass is 9.89. The zero-order chi connectivity index (χ0) is 17.8. The summed E-state index contributed by atoms with van der Waals surface area (Å²) in [6.45, 7) is 5.98. The van der Waals surface area contributed by atoms with Crippen LogP contribution >= 0.6 is 11.8 Å². The number of nitrogens with zero attached hydrogens (tertiary/aromatic N) is 2. The highest BCUT2D eigenvalue weighted by molar-refractivity contribution is 7.99. The van der Waals surface area contributed by atoms with Gasteiger partial charge in [-0.25, -0.2) is 0 Å². The number of hydrogen-bond acceptors (Lipinski definition) is 3. The zero-order valence-corrected chi connectivity index (χ0v) is 16.5. The first-order valence-corrected chi connectivity index (χ1v) is 10.8. The van der Waals surface area contributed by atoms with Gasteiger partial charge in [0.1, 0.15) is 0 Å². The van der Waals surface area contributed by atoms with Gasteiger partial charge in [0.2, 0.25) is 0 Å². The predicted octanol–water partition coefficient (Wildman–Crippen LogP) is 6.17. The molecule has 1 saturated heterocycles. The van der Waals surface area contributed by atoms with Crippen LogP contribution in [0, 0.1) is 5.92 Å². The summed E-state index contributed by atoms with van der Waals surface area (Å²) < 4.78 is 0. The molecule has 26 heavy (non-hydrogen) atoms. The molecular formula is C23H28N2S. The third-order valence-corrected chi connectivity index (χ3v) is 6.80. The van der Waals surface area contributed by atoms with Gasteiger partial charge in [0, 0.05) is 21.1 Å². The number of aliphatic imine (C=N–C) groups is 1. The van der Waals surface area contributed by atoms with Gasteiger partial charge in [0.05, 0.1) is 5.69 Å². The summed E-state index contributed by atoms with van der Waals surface area (Å²) in [5.74, 6) is 0.742. The van der Waals surface area contributed by atoms with Crippen LogP contribution in [0.15, 0.2) is 63.3 Å². The van der Waals surface area contributed by atoms with Gasteiger partial charge in [-0.3, -0.25) is 4.99 Å². The van der Waals surface area contributed by atoms with Crippen LogP contribution in [0.2, 0.25) is 0 Å². The monoisotopic (exact) mass is 364 g/mol. The van der Waals surface area contributed by atoms with Crippen molar-refractivity contribution in [3.8, 4) is 0 Å². The maximum atomic E-state index is 5.15. The lowest BCUT2D eigenvalue weighted by molar-refractivity contribution is 0.231. The van der Waals surface area contributed by atoms with Crippen LogP contribution in [0.3, 0.4) is 0 Å². The van der Waals surface area contributed by atoms with Crippen molar-refractivity contribution in [3.05, 3.63) is 54.1 Å². The molecule has 2 nitrogen and oxygen atoms in total. The number of rotatable bonds is 3. The number of fused-ring (bicyclic) bond motifs is 2. The number of para-hydroxylation sites is 1. The second-order valence-corrected chi connectivity index (χ2v) is 8.50. The Hall–Kier alpha value is -1.58. The fourth-order valence-electron chi connectivity index (χ4n) is 4.09. The van der Waals surface area contributed by atoms with Crippen LogP contribution in [-0.4, -0.2) is 30.2 Å². The summed E-state index contributed by atoms with van der Waals surface area (Å²) in [6.07, 6.45) is 6.42. The second-order valence-electron chi connectivity index (χ2n) is 7.41. The quantitative estimate of drug-likeness (QED) is 0.647. The van der Waals surface area contributed by atoms with E-state index in [4.69, 9.17) is 4.99 Å². The summed E-state index contributed by atoms with van der Waals surface area (Å²) in [5.41, 5.74) is 3.75. The van der Waals surface area contributed by atoms with Crippen LogP contribution in [0.5, 0.6) is 0 Å². The largest absolute Gasteiger partial charge is 0.304 e. The zero-order valence-electron chi connectivity index (χ0n) is 15.7. The average molecular weight is 365 g/mol. The normalized spacial score (nSPS) is 21.0. The van der Waals surface area contributed by atoms with Crippen molar-refractivity contribution in [2.24, 2.45) is 10.9 Å². The van der Waals surface area contributed by atoms with Crippen LogP contribution < -0.4 is 0 Å². The Labute approximate surface area is 161 Å². The van der Waals surface area contributed by atoms with Gasteiger partial charge < -0.3 is 4.90 Å². The van der Waals surface area contributed by atoms with Crippen molar-refractivity contribution in [2.75, 3.05) is 19.6 Å². The molecule has 0 aliphatic carbocycles. The molecule has 2 aromatic carbocycles. The van der Waals surface area contributed by atoms with E-state index in [1.54, 1.807) is 0 Å². The van der Waals surface area contributed by atoms with Gasteiger partial charge in [-0.2, -0.15) is 0 Å². The van der Waals surface area contributed by atoms with Crippen LogP contribution in [0.4, 0.5) is 5.69 Å². The highest BCUT2D eigenvalue weighted by Gasteiger charge is 2.21. The Morgan fingerprint density at radius 1 is 0.962 bits per heavy atom. The van der Waals surface area contributed by atoms with Gasteiger partial charge in [0.15, 0.2) is 0 Å². The minimum atomic E-state index is 0.742. The van der Waals surface area contributed by atoms with E-state index < -0.39 is 0 Å². The fraction of sp³-hybridized carbons (Fsp3) is 0.435. The smallest absolute Gasteiger partial charge is 0.0772 e. The maximum Gasteiger partial charge on any atom is 0.0772 e. The number of hydrogen-bond donors (Lipinski definition) is 0. The molecule has 0 bridgehead atoms. The first kappa shape index (κ1) is 17.8. The molecule has 1 unspecified atom stereocenters. The third kappa shape index (κ3) is 4.05. The standard InChI is InChI=1S/C23H28N2S/c1-2-25-15-8-7-9-18(14-16-25)17-21-19-10-3-5-12-22(19)26-23-13-6-4-11-20(23)24-21/h3-6,10-13,18H,2,7-9,14-17H2,1H3. The van der Waals surface area contributed by atoms with Crippen molar-refractivity contribution in [1.29, 1.82) is 0 Å². The topological polar surface area (TPSA) is 15.6 Å². The van der Waals surface area contributed by atoms with Crippen LogP contribution in [-0.2, 0) is 0 Å². The molecule has 0 N–H and O–H groups in total. The molecule has 4 rings (SSSR count). The Bertz CT molecular complexity index is 783. The van der Waals surface area contributed by atoms with E-state index in [9.17, 15) is 0 Å². The van der Waals surface area contributed by atoms with E-state index >= 15 is 0 Å². The first-order valence-electron chi connectivity index (χ1n) is 9.99. The molecule has 0 spiro atoms. The molecule has 0 amide bonds. The van der Waals surface area contributed by atoms with Crippen molar-refractivity contribution in [1.82, 2.24) is 4.90 Å². The average Bonchev–Trinajstić information content (AvgIpc) is 2.81. The fourth-order valence-corrected chi connectivity index (χ4v) is 5.14.